The summed E-state index contributed by atoms with van der Waals surface area (Å²) in [4.78, 5) is 32.0. The van der Waals surface area contributed by atoms with E-state index < -0.39 is 11.2 Å². The van der Waals surface area contributed by atoms with Crippen molar-refractivity contribution in [3.05, 3.63) is 57.5 Å². The van der Waals surface area contributed by atoms with Crippen LogP contribution in [0.15, 0.2) is 35.3 Å². The van der Waals surface area contributed by atoms with Gasteiger partial charge in [-0.2, -0.15) is 0 Å². The second kappa shape index (κ2) is 11.9. The number of aromatic nitrogens is 1. The highest BCUT2D eigenvalue weighted by Crippen LogP contribution is 2.30. The van der Waals surface area contributed by atoms with Gasteiger partial charge in [0, 0.05) is 64.1 Å². The zero-order valence-electron chi connectivity index (χ0n) is 21.7. The van der Waals surface area contributed by atoms with Crippen LogP contribution >= 0.6 is 0 Å². The standard InChI is InChI=1S/C28H40N4O4/c1-3-11-30(22-8-9-23-21(20-22)6-5-7-24(23)33)17-14-29-15-18-32(19-16-29)28(36)26-27(35)25(34)10-13-31(26)12-4-2/h5-7,10,13,22,33,35H,3-4,8-9,11-12,14-20H2,1-2H3. The van der Waals surface area contributed by atoms with Gasteiger partial charge in [0.1, 0.15) is 5.75 Å². The van der Waals surface area contributed by atoms with E-state index in [2.05, 4.69) is 22.8 Å². The van der Waals surface area contributed by atoms with Crippen molar-refractivity contribution in [2.75, 3.05) is 45.8 Å². The molecular formula is C28H40N4O4. The topological polar surface area (TPSA) is 89.3 Å². The predicted octanol–water partition coefficient (Wildman–Crippen LogP) is 2.70. The quantitative estimate of drug-likeness (QED) is 0.555. The average molecular weight is 497 g/mol. The first-order valence-electron chi connectivity index (χ1n) is 13.4. The second-order valence-corrected chi connectivity index (χ2v) is 10.1. The molecule has 1 atom stereocenters. The Morgan fingerprint density at radius 2 is 1.81 bits per heavy atom. The van der Waals surface area contributed by atoms with E-state index in [1.165, 1.54) is 11.6 Å². The Bertz CT molecular complexity index is 1110. The molecule has 0 spiro atoms. The average Bonchev–Trinajstić information content (AvgIpc) is 2.89. The van der Waals surface area contributed by atoms with Crippen LogP contribution < -0.4 is 5.43 Å². The Hall–Kier alpha value is -2.84. The fourth-order valence-corrected chi connectivity index (χ4v) is 5.65. The highest BCUT2D eigenvalue weighted by atomic mass is 16.3. The summed E-state index contributed by atoms with van der Waals surface area (Å²) in [5, 5.41) is 20.5. The fraction of sp³-hybridized carbons (Fsp3) is 0.571. The maximum Gasteiger partial charge on any atom is 0.274 e. The highest BCUT2D eigenvalue weighted by molar-refractivity contribution is 5.95. The highest BCUT2D eigenvalue weighted by Gasteiger charge is 2.29. The van der Waals surface area contributed by atoms with Crippen LogP contribution in [0.1, 0.15) is 54.7 Å². The lowest BCUT2D eigenvalue weighted by Crippen LogP contribution is -2.51. The number of piperazine rings is 1. The number of nitrogens with zero attached hydrogens (tertiary/aromatic N) is 4. The van der Waals surface area contributed by atoms with Gasteiger partial charge >= 0.3 is 0 Å². The first kappa shape index (κ1) is 26.2. The molecule has 2 N–H and O–H groups in total. The lowest BCUT2D eigenvalue weighted by atomic mass is 9.87. The Morgan fingerprint density at radius 3 is 2.53 bits per heavy atom. The molecule has 1 aliphatic carbocycles. The van der Waals surface area contributed by atoms with E-state index in [1.807, 2.05) is 13.0 Å². The normalized spacial score (nSPS) is 18.4. The summed E-state index contributed by atoms with van der Waals surface area (Å²) in [5.41, 5.74) is 1.97. The maximum atomic E-state index is 13.2. The summed E-state index contributed by atoms with van der Waals surface area (Å²) < 4.78 is 1.69. The van der Waals surface area contributed by atoms with E-state index >= 15 is 0 Å². The number of fused-ring (bicyclic) bond motifs is 1. The van der Waals surface area contributed by atoms with Crippen molar-refractivity contribution in [1.82, 2.24) is 19.3 Å². The molecule has 196 valence electrons. The molecule has 1 fully saturated rings. The van der Waals surface area contributed by atoms with E-state index in [4.69, 9.17) is 0 Å². The molecule has 8 heteroatoms. The summed E-state index contributed by atoms with van der Waals surface area (Å²) in [6, 6.07) is 7.67. The number of benzene rings is 1. The van der Waals surface area contributed by atoms with Crippen molar-refractivity contribution >= 4 is 5.91 Å². The predicted molar refractivity (Wildman–Crippen MR) is 141 cm³/mol. The minimum atomic E-state index is -0.513. The van der Waals surface area contributed by atoms with Gasteiger partial charge in [0.2, 0.25) is 5.43 Å². The molecule has 8 nitrogen and oxygen atoms in total. The zero-order chi connectivity index (χ0) is 25.7. The second-order valence-electron chi connectivity index (χ2n) is 10.1. The molecule has 4 rings (SSSR count). The monoisotopic (exact) mass is 496 g/mol. The number of aromatic hydroxyl groups is 2. The third kappa shape index (κ3) is 5.76. The van der Waals surface area contributed by atoms with Gasteiger partial charge < -0.3 is 19.7 Å². The van der Waals surface area contributed by atoms with Crippen LogP contribution in [-0.2, 0) is 19.4 Å². The van der Waals surface area contributed by atoms with Crippen molar-refractivity contribution in [2.24, 2.45) is 0 Å². The third-order valence-corrected chi connectivity index (χ3v) is 7.64. The summed E-state index contributed by atoms with van der Waals surface area (Å²) in [6.45, 7) is 10.5. The van der Waals surface area contributed by atoms with Gasteiger partial charge in [-0.3, -0.25) is 19.4 Å². The summed E-state index contributed by atoms with van der Waals surface area (Å²) in [5.74, 6) is -0.290. The fourth-order valence-electron chi connectivity index (χ4n) is 5.65. The molecule has 36 heavy (non-hydrogen) atoms. The number of pyridine rings is 1. The molecule has 1 aromatic heterocycles. The van der Waals surface area contributed by atoms with Gasteiger partial charge in [-0.1, -0.05) is 26.0 Å². The van der Waals surface area contributed by atoms with Crippen molar-refractivity contribution in [2.45, 2.75) is 58.5 Å². The number of hydrogen-bond donors (Lipinski definition) is 2. The Morgan fingerprint density at radius 1 is 1.03 bits per heavy atom. The van der Waals surface area contributed by atoms with E-state index in [0.29, 0.717) is 31.4 Å². The van der Waals surface area contributed by atoms with E-state index in [9.17, 15) is 19.8 Å². The van der Waals surface area contributed by atoms with Crippen LogP contribution in [0.5, 0.6) is 11.5 Å². The van der Waals surface area contributed by atoms with Crippen LogP contribution in [0.2, 0.25) is 0 Å². The van der Waals surface area contributed by atoms with Crippen LogP contribution in [0.25, 0.3) is 0 Å². The third-order valence-electron chi connectivity index (χ3n) is 7.64. The minimum absolute atomic E-state index is 0.107. The minimum Gasteiger partial charge on any atom is -0.508 e. The Kier molecular flexibility index (Phi) is 8.69. The number of hydrogen-bond acceptors (Lipinski definition) is 6. The van der Waals surface area contributed by atoms with Crippen molar-refractivity contribution in [1.29, 1.82) is 0 Å². The van der Waals surface area contributed by atoms with Crippen molar-refractivity contribution in [3.63, 3.8) is 0 Å². The number of phenolic OH excluding ortho intramolecular Hbond substituents is 1. The first-order chi connectivity index (χ1) is 17.4. The van der Waals surface area contributed by atoms with E-state index in [0.717, 1.165) is 70.4 Å². The summed E-state index contributed by atoms with van der Waals surface area (Å²) >= 11 is 0. The van der Waals surface area contributed by atoms with E-state index in [1.54, 1.807) is 21.7 Å². The van der Waals surface area contributed by atoms with Gasteiger partial charge in [-0.05, 0) is 55.8 Å². The van der Waals surface area contributed by atoms with Crippen LogP contribution in [0.3, 0.4) is 0 Å². The molecule has 1 saturated heterocycles. The van der Waals surface area contributed by atoms with Crippen LogP contribution in [0, 0.1) is 0 Å². The molecule has 1 aromatic carbocycles. The molecule has 1 aliphatic heterocycles. The molecule has 1 unspecified atom stereocenters. The van der Waals surface area contributed by atoms with Crippen molar-refractivity contribution in [3.8, 4) is 11.5 Å². The molecule has 2 aromatic rings. The number of amides is 1. The maximum absolute atomic E-state index is 13.2. The summed E-state index contributed by atoms with van der Waals surface area (Å²) in [6.07, 6.45) is 6.47. The number of rotatable bonds is 9. The molecule has 2 aliphatic rings. The van der Waals surface area contributed by atoms with Gasteiger partial charge in [-0.15, -0.1) is 0 Å². The number of phenols is 1. The van der Waals surface area contributed by atoms with Crippen LogP contribution in [0.4, 0.5) is 0 Å². The molecule has 0 radical (unpaired) electrons. The van der Waals surface area contributed by atoms with E-state index in [-0.39, 0.29) is 11.6 Å². The Balaban J connectivity index is 1.33. The van der Waals surface area contributed by atoms with Gasteiger partial charge in [-0.25, -0.2) is 0 Å². The Labute approximate surface area is 213 Å². The number of aryl methyl sites for hydroxylation is 1. The molecule has 1 amide bonds. The number of carbonyl (C=O) groups is 1. The molecule has 2 heterocycles. The largest absolute Gasteiger partial charge is 0.508 e. The zero-order valence-corrected chi connectivity index (χ0v) is 21.7. The van der Waals surface area contributed by atoms with Crippen molar-refractivity contribution < 1.29 is 15.0 Å². The molecular weight excluding hydrogens is 456 g/mol. The van der Waals surface area contributed by atoms with Crippen LogP contribution in [-0.4, -0.2) is 87.2 Å². The molecule has 0 saturated carbocycles. The smallest absolute Gasteiger partial charge is 0.274 e. The lowest BCUT2D eigenvalue weighted by molar-refractivity contribution is 0.0594. The number of carbonyl (C=O) groups excluding carboxylic acids is 1. The van der Waals surface area contributed by atoms with Gasteiger partial charge in [0.25, 0.3) is 5.91 Å². The molecule has 0 bridgehead atoms. The summed E-state index contributed by atoms with van der Waals surface area (Å²) in [7, 11) is 0. The SMILES string of the molecule is CCCN(CCN1CCN(C(=O)c2c(O)c(=O)ccn2CCC)CC1)C1CCc2c(O)cccc2C1. The first-order valence-corrected chi connectivity index (χ1v) is 13.4. The van der Waals surface area contributed by atoms with Gasteiger partial charge in [0.05, 0.1) is 0 Å². The van der Waals surface area contributed by atoms with Gasteiger partial charge in [0.15, 0.2) is 11.4 Å². The lowest BCUT2D eigenvalue weighted by Gasteiger charge is -2.39.